The highest BCUT2D eigenvalue weighted by atomic mass is 16.5. The molecule has 2 heterocycles. The van der Waals surface area contributed by atoms with Gasteiger partial charge in [0.2, 0.25) is 0 Å². The third-order valence-electron chi connectivity index (χ3n) is 4.47. The molecule has 0 spiro atoms. The summed E-state index contributed by atoms with van der Waals surface area (Å²) in [6.07, 6.45) is 1.68. The minimum atomic E-state index is -0.0164. The van der Waals surface area contributed by atoms with Gasteiger partial charge < -0.3 is 15.0 Å². The summed E-state index contributed by atoms with van der Waals surface area (Å²) in [5.74, 6) is 0.713. The van der Waals surface area contributed by atoms with Crippen LogP contribution in [0.3, 0.4) is 0 Å². The molecule has 1 saturated heterocycles. The maximum Gasteiger partial charge on any atom is 0.258 e. The maximum absolute atomic E-state index is 12.9. The Labute approximate surface area is 154 Å². The third-order valence-corrected chi connectivity index (χ3v) is 4.47. The average molecular weight is 354 g/mol. The van der Waals surface area contributed by atoms with Gasteiger partial charge in [-0.15, -0.1) is 0 Å². The van der Waals surface area contributed by atoms with Crippen molar-refractivity contribution in [1.82, 2.24) is 9.88 Å². The van der Waals surface area contributed by atoms with Gasteiger partial charge in [-0.25, -0.2) is 4.98 Å². The average Bonchev–Trinajstić information content (AvgIpc) is 2.70. The number of carbonyl (C=O) groups is 1. The zero-order chi connectivity index (χ0) is 18.2. The van der Waals surface area contributed by atoms with E-state index in [1.165, 1.54) is 0 Å². The van der Waals surface area contributed by atoms with Crippen LogP contribution < -0.4 is 10.2 Å². The Morgan fingerprint density at radius 1 is 1.23 bits per heavy atom. The van der Waals surface area contributed by atoms with Crippen LogP contribution in [-0.4, -0.2) is 61.7 Å². The number of para-hydroxylation sites is 1. The highest BCUT2D eigenvalue weighted by Gasteiger charge is 2.16. The number of hydrogen-bond donors (Lipinski definition) is 1. The number of amides is 1. The quantitative estimate of drug-likeness (QED) is 0.828. The summed E-state index contributed by atoms with van der Waals surface area (Å²) in [6, 6.07) is 13.3. The lowest BCUT2D eigenvalue weighted by molar-refractivity contribution is 0.0398. The molecule has 0 bridgehead atoms. The Morgan fingerprint density at radius 3 is 2.73 bits per heavy atom. The van der Waals surface area contributed by atoms with E-state index in [9.17, 15) is 4.79 Å². The minimum Gasteiger partial charge on any atom is -0.379 e. The molecule has 1 amide bonds. The predicted molar refractivity (Wildman–Crippen MR) is 104 cm³/mol. The van der Waals surface area contributed by atoms with Gasteiger partial charge in [0.15, 0.2) is 0 Å². The fraction of sp³-hybridized carbons (Fsp3) is 0.400. The van der Waals surface area contributed by atoms with Gasteiger partial charge in [0.05, 0.1) is 13.2 Å². The zero-order valence-electron chi connectivity index (χ0n) is 15.2. The van der Waals surface area contributed by atoms with E-state index >= 15 is 0 Å². The molecule has 1 N–H and O–H groups in total. The van der Waals surface area contributed by atoms with Crippen LogP contribution in [0.2, 0.25) is 0 Å². The van der Waals surface area contributed by atoms with Gasteiger partial charge in [-0.1, -0.05) is 18.2 Å². The zero-order valence-corrected chi connectivity index (χ0v) is 15.2. The van der Waals surface area contributed by atoms with E-state index < -0.39 is 0 Å². The van der Waals surface area contributed by atoms with Crippen molar-refractivity contribution in [3.05, 3.63) is 54.2 Å². The SMILES string of the molecule is CCN(C(=O)c1ccnc(NCCN2CCOCC2)c1)c1ccccc1. The predicted octanol–water partition coefficient (Wildman–Crippen LogP) is 2.49. The van der Waals surface area contributed by atoms with Crippen LogP contribution in [0.1, 0.15) is 17.3 Å². The molecular weight excluding hydrogens is 328 g/mol. The van der Waals surface area contributed by atoms with E-state index in [4.69, 9.17) is 4.74 Å². The number of benzene rings is 1. The number of rotatable bonds is 7. The summed E-state index contributed by atoms with van der Waals surface area (Å²) < 4.78 is 5.36. The molecule has 3 rings (SSSR count). The number of hydrogen-bond acceptors (Lipinski definition) is 5. The number of ether oxygens (including phenoxy) is 1. The standard InChI is InChI=1S/C20H26N4O2/c1-2-24(18-6-4-3-5-7-18)20(25)17-8-9-21-19(16-17)22-10-11-23-12-14-26-15-13-23/h3-9,16H,2,10-15H2,1H3,(H,21,22). The molecule has 138 valence electrons. The highest BCUT2D eigenvalue weighted by Crippen LogP contribution is 2.17. The Kier molecular flexibility index (Phi) is 6.57. The molecule has 0 aliphatic carbocycles. The van der Waals surface area contributed by atoms with Crippen LogP contribution >= 0.6 is 0 Å². The van der Waals surface area contributed by atoms with Gasteiger partial charge in [-0.05, 0) is 31.2 Å². The third kappa shape index (κ3) is 4.80. The molecule has 26 heavy (non-hydrogen) atoms. The second-order valence-electron chi connectivity index (χ2n) is 6.20. The minimum absolute atomic E-state index is 0.0164. The van der Waals surface area contributed by atoms with Crippen molar-refractivity contribution in [1.29, 1.82) is 0 Å². The number of aromatic nitrogens is 1. The Balaban J connectivity index is 1.61. The lowest BCUT2D eigenvalue weighted by Crippen LogP contribution is -2.39. The van der Waals surface area contributed by atoms with Crippen molar-refractivity contribution in [2.75, 3.05) is 56.2 Å². The Morgan fingerprint density at radius 2 is 2.00 bits per heavy atom. The topological polar surface area (TPSA) is 57.7 Å². The molecule has 6 heteroatoms. The molecule has 1 aliphatic heterocycles. The number of carbonyl (C=O) groups excluding carboxylic acids is 1. The van der Waals surface area contributed by atoms with Gasteiger partial charge in [-0.3, -0.25) is 9.69 Å². The van der Waals surface area contributed by atoms with Crippen LogP contribution in [0.15, 0.2) is 48.7 Å². The van der Waals surface area contributed by atoms with Crippen molar-refractivity contribution in [3.8, 4) is 0 Å². The number of nitrogens with one attached hydrogen (secondary N) is 1. The molecule has 1 aromatic carbocycles. The number of anilines is 2. The van der Waals surface area contributed by atoms with E-state index in [0.717, 1.165) is 50.9 Å². The van der Waals surface area contributed by atoms with E-state index in [1.807, 2.05) is 43.3 Å². The summed E-state index contributed by atoms with van der Waals surface area (Å²) in [7, 11) is 0. The summed E-state index contributed by atoms with van der Waals surface area (Å²) >= 11 is 0. The number of nitrogens with zero attached hydrogens (tertiary/aromatic N) is 3. The summed E-state index contributed by atoms with van der Waals surface area (Å²) in [6.45, 7) is 7.86. The monoisotopic (exact) mass is 354 g/mol. The molecule has 6 nitrogen and oxygen atoms in total. The summed E-state index contributed by atoms with van der Waals surface area (Å²) in [5, 5.41) is 3.32. The molecule has 1 fully saturated rings. The van der Waals surface area contributed by atoms with Crippen molar-refractivity contribution >= 4 is 17.4 Å². The second kappa shape index (κ2) is 9.31. The van der Waals surface area contributed by atoms with Gasteiger partial charge in [0.25, 0.3) is 5.91 Å². The first-order valence-electron chi connectivity index (χ1n) is 9.15. The van der Waals surface area contributed by atoms with Crippen molar-refractivity contribution in [2.24, 2.45) is 0 Å². The van der Waals surface area contributed by atoms with E-state index in [-0.39, 0.29) is 5.91 Å². The van der Waals surface area contributed by atoms with Gasteiger partial charge in [0, 0.05) is 50.2 Å². The highest BCUT2D eigenvalue weighted by molar-refractivity contribution is 6.06. The lowest BCUT2D eigenvalue weighted by Gasteiger charge is -2.26. The number of pyridine rings is 1. The fourth-order valence-corrected chi connectivity index (χ4v) is 3.03. The molecule has 0 unspecified atom stereocenters. The Hall–Kier alpha value is -2.44. The van der Waals surface area contributed by atoms with E-state index in [1.54, 1.807) is 17.2 Å². The van der Waals surface area contributed by atoms with Crippen LogP contribution in [0.25, 0.3) is 0 Å². The van der Waals surface area contributed by atoms with Crippen LogP contribution in [-0.2, 0) is 4.74 Å². The van der Waals surface area contributed by atoms with Crippen molar-refractivity contribution in [3.63, 3.8) is 0 Å². The second-order valence-corrected chi connectivity index (χ2v) is 6.20. The van der Waals surface area contributed by atoms with Gasteiger partial charge in [-0.2, -0.15) is 0 Å². The normalized spacial score (nSPS) is 14.8. The smallest absolute Gasteiger partial charge is 0.258 e. The molecule has 1 aromatic heterocycles. The van der Waals surface area contributed by atoms with Gasteiger partial charge in [0.1, 0.15) is 5.82 Å². The van der Waals surface area contributed by atoms with E-state index in [0.29, 0.717) is 12.1 Å². The summed E-state index contributed by atoms with van der Waals surface area (Å²) in [5.41, 5.74) is 1.54. The number of morpholine rings is 1. The fourth-order valence-electron chi connectivity index (χ4n) is 3.03. The van der Waals surface area contributed by atoms with Gasteiger partial charge >= 0.3 is 0 Å². The van der Waals surface area contributed by atoms with Crippen molar-refractivity contribution in [2.45, 2.75) is 6.92 Å². The van der Waals surface area contributed by atoms with E-state index in [2.05, 4.69) is 15.2 Å². The van der Waals surface area contributed by atoms with Crippen molar-refractivity contribution < 1.29 is 9.53 Å². The molecule has 0 atom stereocenters. The maximum atomic E-state index is 12.9. The van der Waals surface area contributed by atoms with Crippen LogP contribution in [0, 0.1) is 0 Å². The van der Waals surface area contributed by atoms with Crippen LogP contribution in [0.4, 0.5) is 11.5 Å². The molecular formula is C20H26N4O2. The summed E-state index contributed by atoms with van der Waals surface area (Å²) in [4.78, 5) is 21.4. The lowest BCUT2D eigenvalue weighted by atomic mass is 10.2. The molecule has 2 aromatic rings. The molecule has 1 aliphatic rings. The Bertz CT molecular complexity index is 702. The first-order valence-corrected chi connectivity index (χ1v) is 9.15. The largest absolute Gasteiger partial charge is 0.379 e. The first kappa shape index (κ1) is 18.4. The first-order chi connectivity index (χ1) is 12.8. The molecule has 0 radical (unpaired) electrons. The van der Waals surface area contributed by atoms with Crippen LogP contribution in [0.5, 0.6) is 0 Å². The molecule has 0 saturated carbocycles.